The molecule has 2 fully saturated rings. The topological polar surface area (TPSA) is 87.9 Å². The molecule has 1 atom stereocenters. The first-order valence-corrected chi connectivity index (χ1v) is 12.4. The van der Waals surface area contributed by atoms with Crippen LogP contribution in [0.15, 0.2) is 47.0 Å². The highest BCUT2D eigenvalue weighted by Gasteiger charge is 2.52. The smallest absolute Gasteiger partial charge is 0.246 e. The number of furan rings is 1. The molecule has 2 amide bonds. The van der Waals surface area contributed by atoms with Crippen LogP contribution in [0.2, 0.25) is 0 Å². The number of benzene rings is 1. The van der Waals surface area contributed by atoms with Crippen LogP contribution in [-0.4, -0.2) is 66.0 Å². The summed E-state index contributed by atoms with van der Waals surface area (Å²) in [6.45, 7) is 5.87. The highest BCUT2D eigenvalue weighted by Crippen LogP contribution is 2.40. The maximum atomic E-state index is 12.8. The predicted molar refractivity (Wildman–Crippen MR) is 136 cm³/mol. The number of hydrogen-bond donors (Lipinski definition) is 1. The van der Waals surface area contributed by atoms with Crippen LogP contribution in [-0.2, 0) is 27.3 Å². The fourth-order valence-corrected chi connectivity index (χ4v) is 5.47. The second-order valence-corrected chi connectivity index (χ2v) is 10.4. The minimum absolute atomic E-state index is 0.0114. The molecule has 1 unspecified atom stereocenters. The van der Waals surface area contributed by atoms with Crippen molar-refractivity contribution in [3.63, 3.8) is 0 Å². The van der Waals surface area contributed by atoms with Crippen LogP contribution in [0.4, 0.5) is 5.82 Å². The van der Waals surface area contributed by atoms with Crippen molar-refractivity contribution in [1.82, 2.24) is 14.8 Å². The molecular formula is C28H30N4O4. The van der Waals surface area contributed by atoms with E-state index < -0.39 is 0 Å². The van der Waals surface area contributed by atoms with Crippen molar-refractivity contribution < 1.29 is 18.7 Å². The maximum absolute atomic E-state index is 12.8. The molecule has 8 nitrogen and oxygen atoms in total. The molecule has 5 heterocycles. The van der Waals surface area contributed by atoms with E-state index in [-0.39, 0.29) is 23.3 Å². The van der Waals surface area contributed by atoms with Gasteiger partial charge in [-0.05, 0) is 49.1 Å². The number of amides is 2. The Morgan fingerprint density at radius 1 is 1.31 bits per heavy atom. The van der Waals surface area contributed by atoms with Crippen LogP contribution in [0.25, 0.3) is 17.0 Å². The molecule has 6 rings (SSSR count). The Morgan fingerprint density at radius 2 is 2.11 bits per heavy atom. The van der Waals surface area contributed by atoms with Crippen LogP contribution in [0.5, 0.6) is 0 Å². The van der Waals surface area contributed by atoms with Crippen LogP contribution in [0, 0.1) is 12.3 Å². The minimum atomic E-state index is -0.138. The molecule has 3 aromatic rings. The largest absolute Gasteiger partial charge is 0.459 e. The number of likely N-dealkylation sites (tertiary alicyclic amines) is 1. The summed E-state index contributed by atoms with van der Waals surface area (Å²) in [5, 5.41) is 4.08. The van der Waals surface area contributed by atoms with Crippen LogP contribution in [0.1, 0.15) is 28.9 Å². The average molecular weight is 487 g/mol. The zero-order valence-electron chi connectivity index (χ0n) is 20.6. The van der Waals surface area contributed by atoms with E-state index >= 15 is 0 Å². The lowest BCUT2D eigenvalue weighted by Gasteiger charge is -2.56. The van der Waals surface area contributed by atoms with Gasteiger partial charge in [0.2, 0.25) is 11.8 Å². The molecule has 8 heteroatoms. The van der Waals surface area contributed by atoms with Gasteiger partial charge in [0.15, 0.2) is 0 Å². The van der Waals surface area contributed by atoms with Crippen LogP contribution >= 0.6 is 0 Å². The number of ether oxygens (including phenoxy) is 1. The number of aromatic nitrogens is 1. The lowest BCUT2D eigenvalue weighted by Crippen LogP contribution is -2.69. The highest BCUT2D eigenvalue weighted by molar-refractivity contribution is 5.96. The SMILES string of the molecule is Cc1c(CN(C)C(=O)/C=C/c2cnc3c(c2)CCC(N2CC4(COC4)C2)C(=O)N3)oc2ccccc12. The van der Waals surface area contributed by atoms with Crippen molar-refractivity contribution in [2.75, 3.05) is 38.7 Å². The number of hydrogen-bond acceptors (Lipinski definition) is 6. The van der Waals surface area contributed by atoms with Crippen molar-refractivity contribution >= 4 is 34.7 Å². The summed E-state index contributed by atoms with van der Waals surface area (Å²) in [6.07, 6.45) is 6.53. The molecule has 3 aliphatic rings. The van der Waals surface area contributed by atoms with Gasteiger partial charge in [-0.1, -0.05) is 18.2 Å². The summed E-state index contributed by atoms with van der Waals surface area (Å²) < 4.78 is 11.3. The molecular weight excluding hydrogens is 456 g/mol. The van der Waals surface area contributed by atoms with Crippen molar-refractivity contribution in [2.45, 2.75) is 32.4 Å². The Balaban J connectivity index is 1.09. The molecule has 2 aromatic heterocycles. The van der Waals surface area contributed by atoms with Crippen LogP contribution < -0.4 is 5.32 Å². The van der Waals surface area contributed by atoms with Gasteiger partial charge in [0.05, 0.1) is 25.8 Å². The summed E-state index contributed by atoms with van der Waals surface area (Å²) >= 11 is 0. The second kappa shape index (κ2) is 8.87. The van der Waals surface area contributed by atoms with Crippen molar-refractivity contribution in [3.05, 3.63) is 65.1 Å². The average Bonchev–Trinajstić information content (AvgIpc) is 3.03. The number of pyridine rings is 1. The molecule has 0 bridgehead atoms. The van der Waals surface area contributed by atoms with Crippen molar-refractivity contribution in [1.29, 1.82) is 0 Å². The molecule has 0 radical (unpaired) electrons. The van der Waals surface area contributed by atoms with Gasteiger partial charge in [0.1, 0.15) is 17.2 Å². The summed E-state index contributed by atoms with van der Waals surface area (Å²) in [7, 11) is 1.76. The Hall–Kier alpha value is -3.49. The number of aryl methyl sites for hydroxylation is 2. The van der Waals surface area contributed by atoms with Gasteiger partial charge >= 0.3 is 0 Å². The molecule has 186 valence electrons. The monoisotopic (exact) mass is 486 g/mol. The Labute approximate surface area is 209 Å². The summed E-state index contributed by atoms with van der Waals surface area (Å²) in [6, 6.07) is 9.76. The first-order chi connectivity index (χ1) is 17.4. The zero-order valence-corrected chi connectivity index (χ0v) is 20.6. The third kappa shape index (κ3) is 4.10. The number of nitrogens with zero attached hydrogens (tertiary/aromatic N) is 3. The van der Waals surface area contributed by atoms with E-state index in [9.17, 15) is 9.59 Å². The van der Waals surface area contributed by atoms with Crippen molar-refractivity contribution in [3.8, 4) is 0 Å². The van der Waals surface area contributed by atoms with Gasteiger partial charge in [-0.25, -0.2) is 4.98 Å². The lowest BCUT2D eigenvalue weighted by atomic mass is 9.76. The van der Waals surface area contributed by atoms with Gasteiger partial charge in [0, 0.05) is 48.8 Å². The molecule has 1 N–H and O–H groups in total. The fourth-order valence-electron chi connectivity index (χ4n) is 5.47. The lowest BCUT2D eigenvalue weighted by molar-refractivity contribution is -0.198. The number of carbonyl (C=O) groups excluding carboxylic acids is 2. The quantitative estimate of drug-likeness (QED) is 0.557. The zero-order chi connectivity index (χ0) is 24.9. The molecule has 0 saturated carbocycles. The van der Waals surface area contributed by atoms with Gasteiger partial charge < -0.3 is 19.4 Å². The molecule has 36 heavy (non-hydrogen) atoms. The Bertz CT molecular complexity index is 1370. The van der Waals surface area contributed by atoms with Crippen molar-refractivity contribution in [2.24, 2.45) is 5.41 Å². The highest BCUT2D eigenvalue weighted by atomic mass is 16.5. The van der Waals surface area contributed by atoms with E-state index in [0.717, 1.165) is 72.6 Å². The van der Waals surface area contributed by atoms with Gasteiger partial charge in [-0.2, -0.15) is 0 Å². The standard InChI is InChI=1S/C28H30N4O4/c1-18-21-5-3-4-6-23(21)36-24(18)13-31(2)25(33)10-7-19-11-20-8-9-22(27(34)30-26(20)29-12-19)32-14-28(15-32)16-35-17-28/h3-7,10-12,22H,8-9,13-17H2,1-2H3,(H,29,30,34)/b10-7+. The first-order valence-electron chi connectivity index (χ1n) is 12.4. The number of carbonyl (C=O) groups is 2. The number of anilines is 1. The van der Waals surface area contributed by atoms with E-state index in [1.165, 1.54) is 0 Å². The van der Waals surface area contributed by atoms with Crippen LogP contribution in [0.3, 0.4) is 0 Å². The summed E-state index contributed by atoms with van der Waals surface area (Å²) in [5.74, 6) is 1.29. The van der Waals surface area contributed by atoms with Gasteiger partial charge in [0.25, 0.3) is 0 Å². The van der Waals surface area contributed by atoms with Gasteiger partial charge in [-0.15, -0.1) is 0 Å². The van der Waals surface area contributed by atoms with E-state index in [0.29, 0.717) is 12.4 Å². The molecule has 0 aliphatic carbocycles. The number of nitrogens with one attached hydrogen (secondary N) is 1. The van der Waals surface area contributed by atoms with E-state index in [1.54, 1.807) is 30.3 Å². The number of likely N-dealkylation sites (N-methyl/N-ethyl adjacent to an activating group) is 1. The predicted octanol–water partition coefficient (Wildman–Crippen LogP) is 3.39. The van der Waals surface area contributed by atoms with E-state index in [4.69, 9.17) is 9.15 Å². The second-order valence-electron chi connectivity index (χ2n) is 10.4. The molecule has 1 spiro atoms. The Morgan fingerprint density at radius 3 is 2.86 bits per heavy atom. The van der Waals surface area contributed by atoms with E-state index in [1.807, 2.05) is 37.3 Å². The number of fused-ring (bicyclic) bond motifs is 2. The Kier molecular flexibility index (Phi) is 5.65. The maximum Gasteiger partial charge on any atom is 0.246 e. The minimum Gasteiger partial charge on any atom is -0.459 e. The number of rotatable bonds is 5. The molecule has 1 aromatic carbocycles. The molecule has 3 aliphatic heterocycles. The third-order valence-electron chi connectivity index (χ3n) is 7.67. The fraction of sp³-hybridized carbons (Fsp3) is 0.393. The summed E-state index contributed by atoms with van der Waals surface area (Å²) in [5.41, 5.74) is 3.99. The van der Waals surface area contributed by atoms with E-state index in [2.05, 4.69) is 15.2 Å². The molecule has 2 saturated heterocycles. The third-order valence-corrected chi connectivity index (χ3v) is 7.67. The summed E-state index contributed by atoms with van der Waals surface area (Å²) in [4.78, 5) is 34.0. The van der Waals surface area contributed by atoms with Gasteiger partial charge in [-0.3, -0.25) is 14.5 Å². The normalized spacial score (nSPS) is 21.1. The number of para-hydroxylation sites is 1. The first kappa shape index (κ1) is 22.9.